The summed E-state index contributed by atoms with van der Waals surface area (Å²) in [5, 5.41) is 10.4. The minimum Gasteiger partial charge on any atom is -0.387 e. The van der Waals surface area contributed by atoms with Crippen LogP contribution in [-0.4, -0.2) is 14.7 Å². The summed E-state index contributed by atoms with van der Waals surface area (Å²) < 4.78 is 2.15. The van der Waals surface area contributed by atoms with Crippen molar-refractivity contribution >= 4 is 11.6 Å². The Labute approximate surface area is 94.1 Å². The number of aromatic nitrogens is 2. The fraction of sp³-hybridized carbons (Fsp3) is 0.727. The molecule has 4 heteroatoms. The van der Waals surface area contributed by atoms with Gasteiger partial charge in [-0.05, 0) is 25.7 Å². The van der Waals surface area contributed by atoms with Gasteiger partial charge in [0.1, 0.15) is 5.82 Å². The lowest BCUT2D eigenvalue weighted by Gasteiger charge is -2.28. The van der Waals surface area contributed by atoms with Crippen molar-refractivity contribution in [2.45, 2.75) is 50.7 Å². The second-order valence-electron chi connectivity index (χ2n) is 4.58. The van der Waals surface area contributed by atoms with Gasteiger partial charge < -0.3 is 9.67 Å². The molecule has 3 rings (SSSR count). The Morgan fingerprint density at radius 1 is 1.27 bits per heavy atom. The number of fused-ring (bicyclic) bond motifs is 1. The van der Waals surface area contributed by atoms with Gasteiger partial charge in [0.2, 0.25) is 0 Å². The standard InChI is InChI=1S/C11H15ClN2O/c12-10-9-8(15)5-2-6-14(9)11(13-10)7-3-1-4-7/h7-8,15H,1-6H2. The van der Waals surface area contributed by atoms with Crippen molar-refractivity contribution in [2.75, 3.05) is 0 Å². The predicted molar refractivity (Wildman–Crippen MR) is 58.0 cm³/mol. The van der Waals surface area contributed by atoms with E-state index in [2.05, 4.69) is 9.55 Å². The fourth-order valence-electron chi connectivity index (χ4n) is 2.56. The van der Waals surface area contributed by atoms with Gasteiger partial charge in [-0.25, -0.2) is 4.98 Å². The summed E-state index contributed by atoms with van der Waals surface area (Å²) in [5.74, 6) is 1.70. The highest BCUT2D eigenvalue weighted by atomic mass is 35.5. The van der Waals surface area contributed by atoms with Gasteiger partial charge in [0.05, 0.1) is 11.8 Å². The molecule has 0 saturated heterocycles. The van der Waals surface area contributed by atoms with Gasteiger partial charge in [0.15, 0.2) is 5.15 Å². The maximum Gasteiger partial charge on any atom is 0.153 e. The molecule has 1 saturated carbocycles. The molecule has 15 heavy (non-hydrogen) atoms. The van der Waals surface area contributed by atoms with Crippen molar-refractivity contribution < 1.29 is 5.11 Å². The molecule has 1 fully saturated rings. The predicted octanol–water partition coefficient (Wildman–Crippen LogP) is 2.63. The van der Waals surface area contributed by atoms with E-state index in [9.17, 15) is 5.11 Å². The maximum absolute atomic E-state index is 9.88. The third kappa shape index (κ3) is 1.41. The summed E-state index contributed by atoms with van der Waals surface area (Å²) in [6.07, 6.45) is 5.18. The lowest BCUT2D eigenvalue weighted by atomic mass is 9.84. The average Bonchev–Trinajstić information content (AvgIpc) is 2.43. The van der Waals surface area contributed by atoms with E-state index in [0.29, 0.717) is 11.1 Å². The molecule has 1 aromatic heterocycles. The van der Waals surface area contributed by atoms with Crippen LogP contribution in [0.25, 0.3) is 0 Å². The van der Waals surface area contributed by atoms with Crippen molar-refractivity contribution in [3.63, 3.8) is 0 Å². The van der Waals surface area contributed by atoms with Gasteiger partial charge in [-0.3, -0.25) is 0 Å². The number of imidazole rings is 1. The third-order valence-electron chi connectivity index (χ3n) is 3.64. The SMILES string of the molecule is OC1CCCn2c(C3CCC3)nc(Cl)c21. The number of rotatable bonds is 1. The number of aliphatic hydroxyl groups excluding tert-OH is 1. The summed E-state index contributed by atoms with van der Waals surface area (Å²) >= 11 is 6.09. The number of halogens is 1. The molecule has 0 spiro atoms. The Morgan fingerprint density at radius 3 is 2.73 bits per heavy atom. The van der Waals surface area contributed by atoms with Crippen molar-refractivity contribution in [2.24, 2.45) is 0 Å². The molecule has 1 N–H and O–H groups in total. The Bertz CT molecular complexity index is 384. The van der Waals surface area contributed by atoms with Crippen molar-refractivity contribution in [3.8, 4) is 0 Å². The van der Waals surface area contributed by atoms with E-state index >= 15 is 0 Å². The third-order valence-corrected chi connectivity index (χ3v) is 3.91. The molecule has 0 bridgehead atoms. The van der Waals surface area contributed by atoms with Crippen LogP contribution >= 0.6 is 11.6 Å². The fourth-order valence-corrected chi connectivity index (χ4v) is 2.88. The molecule has 1 aromatic rings. The second kappa shape index (κ2) is 3.49. The average molecular weight is 227 g/mol. The van der Waals surface area contributed by atoms with Crippen LogP contribution in [0.2, 0.25) is 5.15 Å². The molecule has 0 amide bonds. The Morgan fingerprint density at radius 2 is 2.07 bits per heavy atom. The van der Waals surface area contributed by atoms with E-state index in [1.807, 2.05) is 0 Å². The van der Waals surface area contributed by atoms with Crippen LogP contribution in [0, 0.1) is 0 Å². The molecule has 1 atom stereocenters. The molecular weight excluding hydrogens is 212 g/mol. The smallest absolute Gasteiger partial charge is 0.153 e. The summed E-state index contributed by atoms with van der Waals surface area (Å²) in [5.41, 5.74) is 0.852. The van der Waals surface area contributed by atoms with Gasteiger partial charge >= 0.3 is 0 Å². The van der Waals surface area contributed by atoms with Gasteiger partial charge in [-0.2, -0.15) is 0 Å². The molecule has 2 aliphatic rings. The highest BCUT2D eigenvalue weighted by molar-refractivity contribution is 6.30. The van der Waals surface area contributed by atoms with Crippen LogP contribution in [0.1, 0.15) is 55.6 Å². The monoisotopic (exact) mass is 226 g/mol. The first-order valence-electron chi connectivity index (χ1n) is 5.71. The normalized spacial score (nSPS) is 26.1. The highest BCUT2D eigenvalue weighted by Gasteiger charge is 2.31. The van der Waals surface area contributed by atoms with Crippen LogP contribution in [0.4, 0.5) is 0 Å². The van der Waals surface area contributed by atoms with E-state index in [-0.39, 0.29) is 0 Å². The zero-order valence-electron chi connectivity index (χ0n) is 8.62. The van der Waals surface area contributed by atoms with E-state index in [1.54, 1.807) is 0 Å². The number of hydrogen-bond acceptors (Lipinski definition) is 2. The zero-order chi connectivity index (χ0) is 10.4. The van der Waals surface area contributed by atoms with Crippen LogP contribution in [0.5, 0.6) is 0 Å². The number of hydrogen-bond donors (Lipinski definition) is 1. The minimum absolute atomic E-state index is 0.410. The quantitative estimate of drug-likeness (QED) is 0.800. The molecular formula is C11H15ClN2O. The van der Waals surface area contributed by atoms with E-state index < -0.39 is 6.10 Å². The molecule has 2 heterocycles. The van der Waals surface area contributed by atoms with Crippen LogP contribution in [0.3, 0.4) is 0 Å². The summed E-state index contributed by atoms with van der Waals surface area (Å²) in [6, 6.07) is 0. The zero-order valence-corrected chi connectivity index (χ0v) is 9.37. The number of nitrogens with zero attached hydrogens (tertiary/aromatic N) is 2. The highest BCUT2D eigenvalue weighted by Crippen LogP contribution is 2.40. The van der Waals surface area contributed by atoms with E-state index in [1.165, 1.54) is 19.3 Å². The largest absolute Gasteiger partial charge is 0.387 e. The van der Waals surface area contributed by atoms with E-state index in [4.69, 9.17) is 11.6 Å². The van der Waals surface area contributed by atoms with Gasteiger partial charge in [-0.15, -0.1) is 0 Å². The lowest BCUT2D eigenvalue weighted by molar-refractivity contribution is 0.137. The number of aliphatic hydroxyl groups is 1. The Balaban J connectivity index is 2.05. The second-order valence-corrected chi connectivity index (χ2v) is 4.94. The molecule has 82 valence electrons. The molecule has 0 radical (unpaired) electrons. The summed E-state index contributed by atoms with van der Waals surface area (Å²) in [4.78, 5) is 4.43. The van der Waals surface area contributed by atoms with E-state index in [0.717, 1.165) is 30.9 Å². The first-order valence-corrected chi connectivity index (χ1v) is 6.09. The topological polar surface area (TPSA) is 38.0 Å². The van der Waals surface area contributed by atoms with Gasteiger partial charge in [0.25, 0.3) is 0 Å². The molecule has 1 unspecified atom stereocenters. The van der Waals surface area contributed by atoms with Crippen molar-refractivity contribution in [3.05, 3.63) is 16.7 Å². The maximum atomic E-state index is 9.88. The summed E-state index contributed by atoms with van der Waals surface area (Å²) in [7, 11) is 0. The minimum atomic E-state index is -0.410. The van der Waals surface area contributed by atoms with Crippen molar-refractivity contribution in [1.82, 2.24) is 9.55 Å². The van der Waals surface area contributed by atoms with Gasteiger partial charge in [0, 0.05) is 12.5 Å². The van der Waals surface area contributed by atoms with Crippen molar-refractivity contribution in [1.29, 1.82) is 0 Å². The molecule has 3 nitrogen and oxygen atoms in total. The molecule has 1 aliphatic carbocycles. The first kappa shape index (κ1) is 9.67. The van der Waals surface area contributed by atoms with Crippen LogP contribution in [-0.2, 0) is 6.54 Å². The lowest BCUT2D eigenvalue weighted by Crippen LogP contribution is -2.21. The Kier molecular flexibility index (Phi) is 2.25. The summed E-state index contributed by atoms with van der Waals surface area (Å²) in [6.45, 7) is 0.970. The van der Waals surface area contributed by atoms with Crippen LogP contribution < -0.4 is 0 Å². The molecule has 0 aromatic carbocycles. The Hall–Kier alpha value is -0.540. The van der Waals surface area contributed by atoms with Crippen LogP contribution in [0.15, 0.2) is 0 Å². The first-order chi connectivity index (χ1) is 7.27. The van der Waals surface area contributed by atoms with Gasteiger partial charge in [-0.1, -0.05) is 18.0 Å². The molecule has 1 aliphatic heterocycles.